The minimum atomic E-state index is -1.000. The van der Waals surface area contributed by atoms with Crippen LogP contribution in [0.4, 0.5) is 10.5 Å². The standard InChI is InChI=1S/C26H27N3O5S.CH2O2/c30-23(28-12-13-35-24(28)25(31)32)19-5-3-4-17(14-19)16-29(21-15-27-10-8-18(21)9-11-27)20-6-1-2-7-22(20)34-26(29)33;2-1-3/h1-7,14,18,21,24H,8-13,15-16H2;1H,(H,2,3)/p+1/t21-,24-,29?;/m0./s1. The minimum absolute atomic E-state index is 0.0828. The molecule has 10 nitrogen and oxygen atoms in total. The molecule has 2 bridgehead atoms. The molecular formula is C27H30N3O7S+. The van der Waals surface area contributed by atoms with Crippen LogP contribution in [0.25, 0.3) is 0 Å². The highest BCUT2D eigenvalue weighted by Gasteiger charge is 2.59. The fourth-order valence-electron chi connectivity index (χ4n) is 6.30. The number of para-hydroxylation sites is 2. The summed E-state index contributed by atoms with van der Waals surface area (Å²) in [4.78, 5) is 50.7. The zero-order chi connectivity index (χ0) is 26.9. The van der Waals surface area contributed by atoms with Gasteiger partial charge in [-0.3, -0.25) is 14.5 Å². The van der Waals surface area contributed by atoms with Crippen LogP contribution in [0.1, 0.15) is 28.8 Å². The van der Waals surface area contributed by atoms with Gasteiger partial charge >= 0.3 is 12.1 Å². The van der Waals surface area contributed by atoms with Gasteiger partial charge in [0.25, 0.3) is 12.4 Å². The van der Waals surface area contributed by atoms with Crippen molar-refractivity contribution in [3.63, 3.8) is 0 Å². The zero-order valence-electron chi connectivity index (χ0n) is 20.8. The maximum Gasteiger partial charge on any atom is 0.527 e. The molecule has 4 saturated heterocycles. The van der Waals surface area contributed by atoms with Crippen molar-refractivity contribution in [2.24, 2.45) is 5.92 Å². The molecule has 0 aromatic heterocycles. The Hall–Kier alpha value is -3.41. The molecule has 5 aliphatic heterocycles. The lowest BCUT2D eigenvalue weighted by atomic mass is 9.81. The van der Waals surface area contributed by atoms with Crippen LogP contribution in [0.2, 0.25) is 0 Å². The predicted molar refractivity (Wildman–Crippen MR) is 141 cm³/mol. The van der Waals surface area contributed by atoms with Crippen LogP contribution in [-0.2, 0) is 16.1 Å². The largest absolute Gasteiger partial charge is 0.527 e. The average molecular weight is 541 g/mol. The van der Waals surface area contributed by atoms with Crippen LogP contribution in [0.15, 0.2) is 48.5 Å². The van der Waals surface area contributed by atoms with Gasteiger partial charge in [-0.2, -0.15) is 9.28 Å². The Kier molecular flexibility index (Phi) is 7.42. The number of aliphatic carboxylic acids is 1. The molecule has 1 unspecified atom stereocenters. The Morgan fingerprint density at radius 2 is 1.84 bits per heavy atom. The van der Waals surface area contributed by atoms with Crippen LogP contribution in [0, 0.1) is 5.92 Å². The van der Waals surface area contributed by atoms with Gasteiger partial charge in [-0.1, -0.05) is 24.3 Å². The molecular weight excluding hydrogens is 510 g/mol. The molecule has 0 aliphatic carbocycles. The highest BCUT2D eigenvalue weighted by molar-refractivity contribution is 8.00. The minimum Gasteiger partial charge on any atom is -0.483 e. The summed E-state index contributed by atoms with van der Waals surface area (Å²) in [6, 6.07) is 15.1. The smallest absolute Gasteiger partial charge is 0.483 e. The van der Waals surface area contributed by atoms with Crippen molar-refractivity contribution in [3.8, 4) is 5.75 Å². The number of nitrogens with zero attached hydrogens (tertiary/aromatic N) is 3. The molecule has 0 spiro atoms. The number of benzene rings is 2. The molecule has 2 N–H and O–H groups in total. The highest BCUT2D eigenvalue weighted by Crippen LogP contribution is 2.48. The van der Waals surface area contributed by atoms with Crippen molar-refractivity contribution in [2.75, 3.05) is 31.9 Å². The first-order valence-electron chi connectivity index (χ1n) is 12.6. The normalized spacial score (nSPS) is 29.2. The van der Waals surface area contributed by atoms with Crippen molar-refractivity contribution in [2.45, 2.75) is 30.8 Å². The maximum absolute atomic E-state index is 13.7. The highest BCUT2D eigenvalue weighted by atomic mass is 32.2. The van der Waals surface area contributed by atoms with Crippen molar-refractivity contribution >= 4 is 41.9 Å². The van der Waals surface area contributed by atoms with E-state index < -0.39 is 11.3 Å². The Labute approximate surface area is 224 Å². The van der Waals surface area contributed by atoms with E-state index in [-0.39, 0.29) is 29.0 Å². The molecule has 0 saturated carbocycles. The number of piperidine rings is 3. The average Bonchev–Trinajstić information content (AvgIpc) is 3.53. The number of carbonyl (C=O) groups is 4. The molecule has 2 aromatic rings. The number of hydrogen-bond acceptors (Lipinski definition) is 7. The fourth-order valence-corrected chi connectivity index (χ4v) is 7.35. The predicted octanol–water partition coefficient (Wildman–Crippen LogP) is 3.10. The summed E-state index contributed by atoms with van der Waals surface area (Å²) in [7, 11) is 0. The summed E-state index contributed by atoms with van der Waals surface area (Å²) in [5.74, 6) is 0.356. The van der Waals surface area contributed by atoms with Gasteiger partial charge in [0.15, 0.2) is 16.8 Å². The second-order valence-electron chi connectivity index (χ2n) is 9.93. The number of fused-ring (bicyclic) bond motifs is 4. The van der Waals surface area contributed by atoms with Gasteiger partial charge in [-0.25, -0.2) is 4.79 Å². The summed E-state index contributed by atoms with van der Waals surface area (Å²) in [5, 5.41) is 15.5. The summed E-state index contributed by atoms with van der Waals surface area (Å²) in [6.45, 7) is 3.53. The van der Waals surface area contributed by atoms with Gasteiger partial charge in [-0.05, 0) is 44.1 Å². The third-order valence-corrected chi connectivity index (χ3v) is 9.17. The van der Waals surface area contributed by atoms with Crippen molar-refractivity contribution in [3.05, 3.63) is 59.7 Å². The molecule has 5 heterocycles. The summed E-state index contributed by atoms with van der Waals surface area (Å²) in [6.07, 6.45) is 1.88. The topological polar surface area (TPSA) is 124 Å². The van der Waals surface area contributed by atoms with Crippen molar-refractivity contribution in [1.29, 1.82) is 0 Å². The molecule has 7 rings (SSSR count). The molecule has 11 heteroatoms. The van der Waals surface area contributed by atoms with E-state index >= 15 is 0 Å². The summed E-state index contributed by atoms with van der Waals surface area (Å²) < 4.78 is 5.93. The molecule has 3 atom stereocenters. The van der Waals surface area contributed by atoms with E-state index in [1.165, 1.54) is 16.7 Å². The number of thioether (sulfide) groups is 1. The van der Waals surface area contributed by atoms with E-state index in [1.54, 1.807) is 6.07 Å². The molecule has 0 radical (unpaired) electrons. The number of ether oxygens (including phenoxy) is 1. The van der Waals surface area contributed by atoms with E-state index in [4.69, 9.17) is 14.6 Å². The second-order valence-corrected chi connectivity index (χ2v) is 11.1. The Morgan fingerprint density at radius 3 is 2.53 bits per heavy atom. The van der Waals surface area contributed by atoms with Crippen LogP contribution in [-0.4, -0.2) is 87.8 Å². The summed E-state index contributed by atoms with van der Waals surface area (Å²) in [5.41, 5.74) is 2.19. The Balaban J connectivity index is 0.000000937. The fraction of sp³-hybridized carbons (Fsp3) is 0.407. The second kappa shape index (κ2) is 10.8. The third-order valence-electron chi connectivity index (χ3n) is 7.98. The molecule has 2 aromatic carbocycles. The van der Waals surface area contributed by atoms with Gasteiger partial charge < -0.3 is 19.8 Å². The lowest BCUT2D eigenvalue weighted by Gasteiger charge is -2.50. The number of carbonyl (C=O) groups excluding carboxylic acids is 2. The molecule has 200 valence electrons. The van der Waals surface area contributed by atoms with Crippen LogP contribution in [0.5, 0.6) is 5.75 Å². The van der Waals surface area contributed by atoms with Crippen LogP contribution in [0.3, 0.4) is 0 Å². The van der Waals surface area contributed by atoms with Crippen LogP contribution < -0.4 is 9.22 Å². The Bertz CT molecular complexity index is 1250. The maximum atomic E-state index is 13.7. The third kappa shape index (κ3) is 4.55. The van der Waals surface area contributed by atoms with E-state index in [9.17, 15) is 19.5 Å². The van der Waals surface area contributed by atoms with Gasteiger partial charge in [-0.15, -0.1) is 11.8 Å². The van der Waals surface area contributed by atoms with Crippen molar-refractivity contribution in [1.82, 2.24) is 14.3 Å². The van der Waals surface area contributed by atoms with E-state index in [0.29, 0.717) is 36.1 Å². The lowest BCUT2D eigenvalue weighted by molar-refractivity contribution is -0.138. The molecule has 5 aliphatic rings. The molecule has 2 amide bonds. The monoisotopic (exact) mass is 540 g/mol. The first-order valence-corrected chi connectivity index (χ1v) is 13.7. The number of carboxylic acids is 1. The summed E-state index contributed by atoms with van der Waals surface area (Å²) >= 11 is 1.27. The number of rotatable bonds is 5. The van der Waals surface area contributed by atoms with Crippen LogP contribution >= 0.6 is 11.8 Å². The number of hydrogen-bond donors (Lipinski definition) is 2. The SMILES string of the molecule is O=C(O)[C@@H]1SCCN1C(=O)c1cccc(C[N+]2([C@H]3CN4CCC3CC4)C(=O)Oc3ccccc32)c1.O=CO. The molecule has 38 heavy (non-hydrogen) atoms. The first kappa shape index (κ1) is 26.2. The van der Waals surface area contributed by atoms with Gasteiger partial charge in [0, 0.05) is 35.4 Å². The van der Waals surface area contributed by atoms with Crippen molar-refractivity contribution < 1.29 is 34.1 Å². The Morgan fingerprint density at radius 1 is 1.11 bits per heavy atom. The number of amides is 2. The van der Waals surface area contributed by atoms with E-state index in [1.807, 2.05) is 42.5 Å². The van der Waals surface area contributed by atoms with E-state index in [2.05, 4.69) is 4.90 Å². The first-order chi connectivity index (χ1) is 18.4. The van der Waals surface area contributed by atoms with Gasteiger partial charge in [0.2, 0.25) is 0 Å². The zero-order valence-corrected chi connectivity index (χ0v) is 21.6. The van der Waals surface area contributed by atoms with Gasteiger partial charge in [0.05, 0.1) is 6.54 Å². The lowest BCUT2D eigenvalue weighted by Crippen LogP contribution is -2.68. The molecule has 4 fully saturated rings. The number of quaternary nitrogens is 1. The quantitative estimate of drug-likeness (QED) is 0.435. The van der Waals surface area contributed by atoms with E-state index in [0.717, 1.165) is 43.7 Å². The van der Waals surface area contributed by atoms with Gasteiger partial charge in [0.1, 0.15) is 12.6 Å². The number of carboxylic acid groups (broad SMARTS) is 2.